The van der Waals surface area contributed by atoms with E-state index in [0.29, 0.717) is 32.5 Å². The van der Waals surface area contributed by atoms with Crippen LogP contribution in [-0.4, -0.2) is 29.8 Å². The average molecular weight is 290 g/mol. The number of likely N-dealkylation sites (tertiary alicyclic amines) is 1. The molecule has 2 rings (SSSR count). The standard InChI is InChI=1S/C16H19FN2O2/c1-2-8-18-16(21)13-6-7-15(20)19(11-13)10-12-4-3-5-14(17)9-12/h2-5,9,13H,1,6-8,10-11H2,(H,18,21). The summed E-state index contributed by atoms with van der Waals surface area (Å²) in [5.41, 5.74) is 0.732. The second-order valence-electron chi connectivity index (χ2n) is 5.17. The molecule has 1 heterocycles. The molecule has 0 aliphatic carbocycles. The number of hydrogen-bond acceptors (Lipinski definition) is 2. The number of nitrogens with zero attached hydrogens (tertiary/aromatic N) is 1. The van der Waals surface area contributed by atoms with Crippen molar-refractivity contribution >= 4 is 11.8 Å². The number of hydrogen-bond donors (Lipinski definition) is 1. The summed E-state index contributed by atoms with van der Waals surface area (Å²) in [4.78, 5) is 25.5. The second-order valence-corrected chi connectivity index (χ2v) is 5.17. The van der Waals surface area contributed by atoms with Crippen LogP contribution in [0.2, 0.25) is 0 Å². The molecule has 1 aromatic carbocycles. The van der Waals surface area contributed by atoms with Crippen LogP contribution in [-0.2, 0) is 16.1 Å². The number of piperidine rings is 1. The van der Waals surface area contributed by atoms with E-state index in [9.17, 15) is 14.0 Å². The lowest BCUT2D eigenvalue weighted by Crippen LogP contribution is -2.45. The first-order valence-corrected chi connectivity index (χ1v) is 7.01. The van der Waals surface area contributed by atoms with E-state index >= 15 is 0 Å². The van der Waals surface area contributed by atoms with Crippen LogP contribution in [0, 0.1) is 11.7 Å². The van der Waals surface area contributed by atoms with Gasteiger partial charge in [0.2, 0.25) is 11.8 Å². The lowest BCUT2D eigenvalue weighted by molar-refractivity contribution is -0.138. The van der Waals surface area contributed by atoms with Crippen LogP contribution in [0.25, 0.3) is 0 Å². The highest BCUT2D eigenvalue weighted by Gasteiger charge is 2.29. The maximum absolute atomic E-state index is 13.2. The molecule has 1 saturated heterocycles. The van der Waals surface area contributed by atoms with E-state index in [0.717, 1.165) is 5.56 Å². The Morgan fingerprint density at radius 3 is 3.05 bits per heavy atom. The van der Waals surface area contributed by atoms with E-state index in [2.05, 4.69) is 11.9 Å². The van der Waals surface area contributed by atoms with Gasteiger partial charge in [-0.1, -0.05) is 18.2 Å². The third-order valence-electron chi connectivity index (χ3n) is 3.55. The molecule has 5 heteroatoms. The van der Waals surface area contributed by atoms with E-state index in [1.54, 1.807) is 23.1 Å². The van der Waals surface area contributed by atoms with Gasteiger partial charge in [0.1, 0.15) is 5.82 Å². The predicted molar refractivity (Wildman–Crippen MR) is 77.7 cm³/mol. The average Bonchev–Trinajstić information content (AvgIpc) is 2.47. The van der Waals surface area contributed by atoms with Crippen LogP contribution < -0.4 is 5.32 Å². The van der Waals surface area contributed by atoms with Crippen molar-refractivity contribution in [1.29, 1.82) is 0 Å². The quantitative estimate of drug-likeness (QED) is 0.842. The largest absolute Gasteiger partial charge is 0.352 e. The zero-order valence-electron chi connectivity index (χ0n) is 11.8. The summed E-state index contributed by atoms with van der Waals surface area (Å²) in [7, 11) is 0. The summed E-state index contributed by atoms with van der Waals surface area (Å²) in [6.45, 7) is 4.69. The summed E-state index contributed by atoms with van der Waals surface area (Å²) >= 11 is 0. The first-order chi connectivity index (χ1) is 10.1. The highest BCUT2D eigenvalue weighted by Crippen LogP contribution is 2.20. The Bertz CT molecular complexity index is 545. The van der Waals surface area contributed by atoms with Crippen LogP contribution in [0.15, 0.2) is 36.9 Å². The Kier molecular flexibility index (Phi) is 5.09. The van der Waals surface area contributed by atoms with Gasteiger partial charge < -0.3 is 10.2 Å². The van der Waals surface area contributed by atoms with E-state index in [1.165, 1.54) is 12.1 Å². The smallest absolute Gasteiger partial charge is 0.225 e. The highest BCUT2D eigenvalue weighted by atomic mass is 19.1. The normalized spacial score (nSPS) is 18.4. The van der Waals surface area contributed by atoms with Gasteiger partial charge in [-0.25, -0.2) is 4.39 Å². The number of amides is 2. The van der Waals surface area contributed by atoms with Gasteiger partial charge in [0.25, 0.3) is 0 Å². The van der Waals surface area contributed by atoms with Crippen molar-refractivity contribution in [2.45, 2.75) is 19.4 Å². The van der Waals surface area contributed by atoms with Crippen molar-refractivity contribution in [3.63, 3.8) is 0 Å². The maximum atomic E-state index is 13.2. The lowest BCUT2D eigenvalue weighted by atomic mass is 9.96. The van der Waals surface area contributed by atoms with Crippen LogP contribution in [0.3, 0.4) is 0 Å². The SMILES string of the molecule is C=CCNC(=O)C1CCC(=O)N(Cc2cccc(F)c2)C1. The summed E-state index contributed by atoms with van der Waals surface area (Å²) < 4.78 is 13.2. The maximum Gasteiger partial charge on any atom is 0.225 e. The van der Waals surface area contributed by atoms with Crippen molar-refractivity contribution in [1.82, 2.24) is 10.2 Å². The van der Waals surface area contributed by atoms with Crippen molar-refractivity contribution < 1.29 is 14.0 Å². The Morgan fingerprint density at radius 1 is 1.52 bits per heavy atom. The van der Waals surface area contributed by atoms with E-state index in [4.69, 9.17) is 0 Å². The molecule has 1 unspecified atom stereocenters. The third-order valence-corrected chi connectivity index (χ3v) is 3.55. The number of carbonyl (C=O) groups is 2. The number of halogens is 1. The van der Waals surface area contributed by atoms with E-state index in [-0.39, 0.29) is 23.5 Å². The Morgan fingerprint density at radius 2 is 2.33 bits per heavy atom. The Balaban J connectivity index is 1.99. The van der Waals surface area contributed by atoms with Gasteiger partial charge in [-0.3, -0.25) is 9.59 Å². The molecule has 4 nitrogen and oxygen atoms in total. The molecular weight excluding hydrogens is 271 g/mol. The van der Waals surface area contributed by atoms with Crippen molar-refractivity contribution in [2.24, 2.45) is 5.92 Å². The number of nitrogens with one attached hydrogen (secondary N) is 1. The second kappa shape index (κ2) is 7.02. The topological polar surface area (TPSA) is 49.4 Å². The molecule has 112 valence electrons. The summed E-state index contributed by atoms with van der Waals surface area (Å²) in [6.07, 6.45) is 2.53. The molecule has 1 N–H and O–H groups in total. The Labute approximate surface area is 123 Å². The molecule has 1 aliphatic rings. The summed E-state index contributed by atoms with van der Waals surface area (Å²) in [6, 6.07) is 6.17. The molecule has 2 amide bonds. The molecule has 1 aliphatic heterocycles. The minimum absolute atomic E-state index is 0.00651. The third kappa shape index (κ3) is 4.15. The molecule has 0 radical (unpaired) electrons. The zero-order chi connectivity index (χ0) is 15.2. The van der Waals surface area contributed by atoms with E-state index in [1.807, 2.05) is 0 Å². The monoisotopic (exact) mass is 290 g/mol. The minimum Gasteiger partial charge on any atom is -0.352 e. The van der Waals surface area contributed by atoms with Crippen LogP contribution in [0.1, 0.15) is 18.4 Å². The van der Waals surface area contributed by atoms with E-state index < -0.39 is 0 Å². The fourth-order valence-corrected chi connectivity index (χ4v) is 2.45. The van der Waals surface area contributed by atoms with Gasteiger partial charge in [0.15, 0.2) is 0 Å². The fraction of sp³-hybridized carbons (Fsp3) is 0.375. The number of carbonyl (C=O) groups excluding carboxylic acids is 2. The van der Waals surface area contributed by atoms with Gasteiger partial charge in [-0.05, 0) is 24.1 Å². The first-order valence-electron chi connectivity index (χ1n) is 7.01. The zero-order valence-corrected chi connectivity index (χ0v) is 11.8. The molecule has 1 aromatic rings. The minimum atomic E-state index is -0.322. The van der Waals surface area contributed by atoms with Crippen LogP contribution in [0.4, 0.5) is 4.39 Å². The molecule has 1 fully saturated rings. The van der Waals surface area contributed by atoms with Crippen molar-refractivity contribution in [3.8, 4) is 0 Å². The van der Waals surface area contributed by atoms with Crippen LogP contribution in [0.5, 0.6) is 0 Å². The van der Waals surface area contributed by atoms with Gasteiger partial charge in [-0.15, -0.1) is 6.58 Å². The first kappa shape index (κ1) is 15.2. The number of benzene rings is 1. The Hall–Kier alpha value is -2.17. The van der Waals surface area contributed by atoms with Gasteiger partial charge >= 0.3 is 0 Å². The van der Waals surface area contributed by atoms with Gasteiger partial charge in [0, 0.05) is 26.1 Å². The predicted octanol–water partition coefficient (Wildman–Crippen LogP) is 1.87. The summed E-state index contributed by atoms with van der Waals surface area (Å²) in [5, 5.41) is 2.76. The van der Waals surface area contributed by atoms with Crippen LogP contribution >= 0.6 is 0 Å². The van der Waals surface area contributed by atoms with Gasteiger partial charge in [0.05, 0.1) is 5.92 Å². The molecule has 0 aromatic heterocycles. The fourth-order valence-electron chi connectivity index (χ4n) is 2.45. The molecule has 0 bridgehead atoms. The molecule has 1 atom stereocenters. The molecular formula is C16H19FN2O2. The molecule has 0 saturated carbocycles. The lowest BCUT2D eigenvalue weighted by Gasteiger charge is -2.32. The van der Waals surface area contributed by atoms with Crippen molar-refractivity contribution in [2.75, 3.05) is 13.1 Å². The van der Waals surface area contributed by atoms with Crippen molar-refractivity contribution in [3.05, 3.63) is 48.3 Å². The molecule has 0 spiro atoms. The van der Waals surface area contributed by atoms with Gasteiger partial charge in [-0.2, -0.15) is 0 Å². The summed E-state index contributed by atoms with van der Waals surface area (Å²) in [5.74, 6) is -0.591. The molecule has 21 heavy (non-hydrogen) atoms. The highest BCUT2D eigenvalue weighted by molar-refractivity contribution is 5.83. The number of rotatable bonds is 5.